The first-order valence-electron chi connectivity index (χ1n) is 16.9. The quantitative estimate of drug-likeness (QED) is 0.0568. The first-order chi connectivity index (χ1) is 23.8. The molecule has 0 spiro atoms. The summed E-state index contributed by atoms with van der Waals surface area (Å²) in [6.07, 6.45) is 12.7. The van der Waals surface area contributed by atoms with Crippen molar-refractivity contribution in [2.45, 2.75) is 101 Å². The van der Waals surface area contributed by atoms with Gasteiger partial charge in [0.25, 0.3) is 10.1 Å². The monoisotopic (exact) mass is 766 g/mol. The first-order valence-corrected chi connectivity index (χ1v) is 19.8. The molecule has 0 amide bonds. The Kier molecular flexibility index (Phi) is 19.4. The zero-order chi connectivity index (χ0) is 36.6. The summed E-state index contributed by atoms with van der Waals surface area (Å²) in [6.45, 7) is 4.32. The minimum absolute atomic E-state index is 0. The third-order valence-electron chi connectivity index (χ3n) is 7.88. The molecule has 0 heterocycles. The van der Waals surface area contributed by atoms with E-state index in [0.29, 0.717) is 23.0 Å². The summed E-state index contributed by atoms with van der Waals surface area (Å²) in [7, 11) is -8.85. The predicted octanol–water partition coefficient (Wildman–Crippen LogP) is 8.53. The Morgan fingerprint density at radius 3 is 1.43 bits per heavy atom. The first kappa shape index (κ1) is 44.3. The van der Waals surface area contributed by atoms with E-state index in [4.69, 9.17) is 9.47 Å². The largest absolute Gasteiger partial charge is 2.00 e. The fraction of sp³-hybridized carbons (Fsp3) is 0.368. The van der Waals surface area contributed by atoms with E-state index in [9.17, 15) is 36.2 Å². The number of phenolic OH excluding ortho intramolecular Hbond substituents is 1. The van der Waals surface area contributed by atoms with Gasteiger partial charge in [-0.3, -0.25) is 4.55 Å². The second-order valence-corrected chi connectivity index (χ2v) is 14.8. The number of benzene rings is 4. The van der Waals surface area contributed by atoms with Crippen molar-refractivity contribution in [3.8, 4) is 34.5 Å². The number of hydrogen-bond donors (Lipinski definition) is 2. The molecular weight excluding hydrogens is 721 g/mol. The molecule has 2 N–H and O–H groups in total. The van der Waals surface area contributed by atoms with Crippen LogP contribution in [0.4, 0.5) is 0 Å². The van der Waals surface area contributed by atoms with Gasteiger partial charge >= 0.3 is 37.7 Å². The summed E-state index contributed by atoms with van der Waals surface area (Å²) in [5.41, 5.74) is 1.73. The Balaban J connectivity index is 0.000000347. The van der Waals surface area contributed by atoms with E-state index in [-0.39, 0.29) is 59.0 Å². The maximum Gasteiger partial charge on any atom is 2.00 e. The number of rotatable bonds is 18. The standard InChI is InChI=1S/2C19H24O5S.Ca/c2*1-2-3-4-5-6-7-15-8-13-18(25(21,22)23)14-19(15)24-17-11-9-16(20)10-12-17;/h2*8-14,20H,2-7H2,1H3,(H,21,22,23);/q;;+2/p-2. The van der Waals surface area contributed by atoms with Crippen LogP contribution < -0.4 is 14.6 Å². The molecule has 4 aromatic carbocycles. The molecule has 0 aromatic heterocycles. The average molecular weight is 767 g/mol. The van der Waals surface area contributed by atoms with Crippen LogP contribution >= 0.6 is 0 Å². The van der Waals surface area contributed by atoms with E-state index in [1.807, 2.05) is 0 Å². The molecule has 0 atom stereocenters. The van der Waals surface area contributed by atoms with Gasteiger partial charge in [-0.05, 0) is 91.4 Å². The summed E-state index contributed by atoms with van der Waals surface area (Å²) < 4.78 is 77.4. The van der Waals surface area contributed by atoms with Crippen molar-refractivity contribution in [3.05, 3.63) is 96.1 Å². The van der Waals surface area contributed by atoms with Gasteiger partial charge in [0.2, 0.25) is 0 Å². The molecule has 4 aromatic rings. The Morgan fingerprint density at radius 1 is 0.588 bits per heavy atom. The minimum Gasteiger partial charge on any atom is -0.872 e. The summed E-state index contributed by atoms with van der Waals surface area (Å²) in [4.78, 5) is -0.520. The number of aromatic hydroxyl groups is 1. The van der Waals surface area contributed by atoms with Gasteiger partial charge < -0.3 is 24.2 Å². The van der Waals surface area contributed by atoms with E-state index in [0.717, 1.165) is 56.1 Å². The number of phenols is 1. The number of unbranched alkanes of at least 4 members (excludes halogenated alkanes) is 8. The maximum absolute atomic E-state index is 11.4. The Hall–Kier alpha value is -2.84. The van der Waals surface area contributed by atoms with Crippen molar-refractivity contribution >= 4 is 58.0 Å². The fourth-order valence-corrected chi connectivity index (χ4v) is 6.08. The average Bonchev–Trinajstić information content (AvgIpc) is 3.07. The molecule has 51 heavy (non-hydrogen) atoms. The van der Waals surface area contributed by atoms with E-state index < -0.39 is 20.2 Å². The molecule has 0 bridgehead atoms. The van der Waals surface area contributed by atoms with Gasteiger partial charge in [-0.2, -0.15) is 8.42 Å². The minimum atomic E-state index is -4.55. The molecule has 0 saturated heterocycles. The second-order valence-electron chi connectivity index (χ2n) is 12.0. The fourth-order valence-electron chi connectivity index (χ4n) is 5.10. The summed E-state index contributed by atoms with van der Waals surface area (Å²) in [5.74, 6) is 1.63. The Bertz CT molecular complexity index is 1710. The predicted molar refractivity (Wildman–Crippen MR) is 195 cm³/mol. The zero-order valence-corrected chi connectivity index (χ0v) is 33.1. The van der Waals surface area contributed by atoms with Crippen LogP contribution in [0.1, 0.15) is 89.2 Å². The second kappa shape index (κ2) is 22.3. The molecular formula is C38H46CaO10S2. The molecule has 0 aliphatic rings. The third kappa shape index (κ3) is 16.2. The van der Waals surface area contributed by atoms with Crippen molar-refractivity contribution in [1.82, 2.24) is 0 Å². The van der Waals surface area contributed by atoms with Gasteiger partial charge in [0.05, 0.1) is 9.79 Å². The van der Waals surface area contributed by atoms with Gasteiger partial charge in [0.1, 0.15) is 38.9 Å². The molecule has 0 unspecified atom stereocenters. The van der Waals surface area contributed by atoms with Crippen molar-refractivity contribution in [2.75, 3.05) is 0 Å². The topological polar surface area (TPSA) is 173 Å². The number of hydrogen-bond acceptors (Lipinski definition) is 9. The van der Waals surface area contributed by atoms with Crippen LogP contribution in [0.3, 0.4) is 0 Å². The van der Waals surface area contributed by atoms with Crippen molar-refractivity contribution in [3.63, 3.8) is 0 Å². The smallest absolute Gasteiger partial charge is 0.872 e. The molecule has 0 radical (unpaired) electrons. The third-order valence-corrected chi connectivity index (χ3v) is 9.56. The van der Waals surface area contributed by atoms with E-state index in [1.165, 1.54) is 92.8 Å². The van der Waals surface area contributed by atoms with Crippen LogP contribution in [0.5, 0.6) is 34.5 Å². The Labute approximate surface area is 332 Å². The van der Waals surface area contributed by atoms with Crippen LogP contribution in [0.15, 0.2) is 94.7 Å². The number of ether oxygens (including phenoxy) is 2. The molecule has 13 heteroatoms. The SMILES string of the molecule is CCCCCCCc1ccc(S(=O)(=O)O)cc1Oc1ccc(O)cc1.CCCCCCCc1ccc(S(=O)(=O)[O-])cc1Oc1ccc([O-])cc1.[Ca+2]. The van der Waals surface area contributed by atoms with Gasteiger partial charge in [0, 0.05) is 6.07 Å². The molecule has 272 valence electrons. The van der Waals surface area contributed by atoms with Gasteiger partial charge in [-0.1, -0.05) is 89.5 Å². The van der Waals surface area contributed by atoms with Crippen molar-refractivity contribution in [1.29, 1.82) is 0 Å². The molecule has 0 aliphatic carbocycles. The van der Waals surface area contributed by atoms with Crippen LogP contribution in [0, 0.1) is 0 Å². The molecule has 10 nitrogen and oxygen atoms in total. The molecule has 0 aliphatic heterocycles. The molecule has 0 fully saturated rings. The van der Waals surface area contributed by atoms with Gasteiger partial charge in [-0.25, -0.2) is 8.42 Å². The molecule has 0 saturated carbocycles. The van der Waals surface area contributed by atoms with Crippen molar-refractivity contribution in [2.24, 2.45) is 0 Å². The zero-order valence-electron chi connectivity index (χ0n) is 29.3. The van der Waals surface area contributed by atoms with Crippen molar-refractivity contribution < 1.29 is 45.6 Å². The van der Waals surface area contributed by atoms with Gasteiger partial charge in [-0.15, -0.1) is 5.75 Å². The normalized spacial score (nSPS) is 11.2. The Morgan fingerprint density at radius 2 is 1.00 bits per heavy atom. The maximum atomic E-state index is 11.4. The van der Waals surface area contributed by atoms with E-state index in [1.54, 1.807) is 24.3 Å². The van der Waals surface area contributed by atoms with Crippen LogP contribution in [-0.2, 0) is 33.1 Å². The molecule has 4 rings (SSSR count). The van der Waals surface area contributed by atoms with E-state index in [2.05, 4.69) is 13.8 Å². The number of aryl methyl sites for hydroxylation is 2. The summed E-state index contributed by atoms with van der Waals surface area (Å²) in [5, 5.41) is 20.5. The van der Waals surface area contributed by atoms with Crippen LogP contribution in [0.2, 0.25) is 0 Å². The van der Waals surface area contributed by atoms with E-state index >= 15 is 0 Å². The summed E-state index contributed by atoms with van der Waals surface area (Å²) in [6, 6.07) is 20.6. The van der Waals surface area contributed by atoms with Crippen LogP contribution in [-0.4, -0.2) is 68.8 Å². The summed E-state index contributed by atoms with van der Waals surface area (Å²) >= 11 is 0. The van der Waals surface area contributed by atoms with Gasteiger partial charge in [0.15, 0.2) is 0 Å². The van der Waals surface area contributed by atoms with Crippen LogP contribution in [0.25, 0.3) is 0 Å².